The first kappa shape index (κ1) is 17.0. The lowest BCUT2D eigenvalue weighted by molar-refractivity contribution is 0.262. The van der Waals surface area contributed by atoms with Crippen molar-refractivity contribution in [3.05, 3.63) is 29.3 Å². The van der Waals surface area contributed by atoms with Crippen LogP contribution in [0.15, 0.2) is 23.6 Å². The van der Waals surface area contributed by atoms with E-state index in [1.165, 1.54) is 11.3 Å². The maximum Gasteiger partial charge on any atom is 0.325 e. The van der Waals surface area contributed by atoms with Crippen molar-refractivity contribution >= 4 is 28.2 Å². The number of aromatic nitrogens is 1. The normalized spacial score (nSPS) is 10.5. The molecular weight excluding hydrogens is 316 g/mol. The predicted molar refractivity (Wildman–Crippen MR) is 91.7 cm³/mol. The number of nitrogens with one attached hydrogen (secondary N) is 2. The van der Waals surface area contributed by atoms with Gasteiger partial charge in [-0.3, -0.25) is 5.32 Å². The summed E-state index contributed by atoms with van der Waals surface area (Å²) in [5.74, 6) is 1.18. The fraction of sp³-hybridized carbons (Fsp3) is 0.333. The number of anilines is 2. The Morgan fingerprint density at radius 2 is 2.04 bits per heavy atom. The number of thiazole rings is 1. The Labute approximate surface area is 139 Å². The highest BCUT2D eigenvalue weighted by Gasteiger charge is 2.11. The number of rotatable bonds is 6. The smallest absolute Gasteiger partial charge is 0.325 e. The SMILES string of the molecule is COc1ccc(OC)c(NC(=O)Nc2nc(CN(C)C)cs2)c1. The molecule has 0 saturated heterocycles. The van der Waals surface area contributed by atoms with Gasteiger partial charge in [-0.1, -0.05) is 0 Å². The highest BCUT2D eigenvalue weighted by molar-refractivity contribution is 7.13. The van der Waals surface area contributed by atoms with Crippen LogP contribution in [0.25, 0.3) is 0 Å². The number of ether oxygens (including phenoxy) is 2. The van der Waals surface area contributed by atoms with Crippen molar-refractivity contribution in [2.45, 2.75) is 6.54 Å². The van der Waals surface area contributed by atoms with Crippen LogP contribution in [0, 0.1) is 0 Å². The van der Waals surface area contributed by atoms with Crippen LogP contribution >= 0.6 is 11.3 Å². The monoisotopic (exact) mass is 336 g/mol. The van der Waals surface area contributed by atoms with E-state index in [4.69, 9.17) is 9.47 Å². The van der Waals surface area contributed by atoms with E-state index in [2.05, 4.69) is 15.6 Å². The predicted octanol–water partition coefficient (Wildman–Crippen LogP) is 2.87. The van der Waals surface area contributed by atoms with Gasteiger partial charge in [-0.2, -0.15) is 0 Å². The van der Waals surface area contributed by atoms with E-state index in [9.17, 15) is 4.79 Å². The average Bonchev–Trinajstić information content (AvgIpc) is 2.93. The molecule has 2 aromatic rings. The van der Waals surface area contributed by atoms with Gasteiger partial charge in [0.05, 0.1) is 25.6 Å². The molecule has 0 aliphatic heterocycles. The molecule has 0 spiro atoms. The second-order valence-electron chi connectivity index (χ2n) is 5.03. The molecule has 0 unspecified atom stereocenters. The Kier molecular flexibility index (Phi) is 5.78. The number of carbonyl (C=O) groups excluding carboxylic acids is 1. The maximum absolute atomic E-state index is 12.1. The second kappa shape index (κ2) is 7.80. The van der Waals surface area contributed by atoms with Crippen molar-refractivity contribution < 1.29 is 14.3 Å². The summed E-state index contributed by atoms with van der Waals surface area (Å²) in [5.41, 5.74) is 1.43. The fourth-order valence-electron chi connectivity index (χ4n) is 1.92. The molecular formula is C15H20N4O3S. The van der Waals surface area contributed by atoms with Crippen LogP contribution in [0.5, 0.6) is 11.5 Å². The molecule has 23 heavy (non-hydrogen) atoms. The number of urea groups is 1. The highest BCUT2D eigenvalue weighted by atomic mass is 32.1. The zero-order valence-electron chi connectivity index (χ0n) is 13.5. The summed E-state index contributed by atoms with van der Waals surface area (Å²) in [6.45, 7) is 0.726. The molecule has 0 radical (unpaired) electrons. The van der Waals surface area contributed by atoms with Crippen molar-refractivity contribution in [2.24, 2.45) is 0 Å². The van der Waals surface area contributed by atoms with Crippen molar-refractivity contribution in [3.8, 4) is 11.5 Å². The summed E-state index contributed by atoms with van der Waals surface area (Å²) in [7, 11) is 7.04. The summed E-state index contributed by atoms with van der Waals surface area (Å²) < 4.78 is 10.4. The molecule has 0 fully saturated rings. The molecule has 8 heteroatoms. The topological polar surface area (TPSA) is 75.7 Å². The molecule has 1 aromatic heterocycles. The largest absolute Gasteiger partial charge is 0.497 e. The van der Waals surface area contributed by atoms with E-state index >= 15 is 0 Å². The van der Waals surface area contributed by atoms with Crippen LogP contribution in [0.3, 0.4) is 0 Å². The molecule has 1 aromatic carbocycles. The van der Waals surface area contributed by atoms with Crippen LogP contribution in [-0.2, 0) is 6.54 Å². The standard InChI is InChI=1S/C15H20N4O3S/c1-19(2)8-10-9-23-15(16-10)18-14(20)17-12-7-11(21-3)5-6-13(12)22-4/h5-7,9H,8H2,1-4H3,(H2,16,17,18,20). The lowest BCUT2D eigenvalue weighted by atomic mass is 10.2. The maximum atomic E-state index is 12.1. The fourth-order valence-corrected chi connectivity index (χ4v) is 2.62. The molecule has 0 saturated carbocycles. The van der Waals surface area contributed by atoms with E-state index in [0.29, 0.717) is 22.3 Å². The first-order valence-corrected chi connectivity index (χ1v) is 7.79. The van der Waals surface area contributed by atoms with E-state index in [1.807, 2.05) is 24.4 Å². The van der Waals surface area contributed by atoms with Gasteiger partial charge in [-0.05, 0) is 26.2 Å². The third kappa shape index (κ3) is 4.83. The zero-order valence-corrected chi connectivity index (χ0v) is 14.4. The van der Waals surface area contributed by atoms with E-state index in [0.717, 1.165) is 12.2 Å². The number of hydrogen-bond donors (Lipinski definition) is 2. The summed E-state index contributed by atoms with van der Waals surface area (Å²) in [4.78, 5) is 18.5. The second-order valence-corrected chi connectivity index (χ2v) is 5.89. The van der Waals surface area contributed by atoms with E-state index in [1.54, 1.807) is 32.4 Å². The van der Waals surface area contributed by atoms with Crippen LogP contribution < -0.4 is 20.1 Å². The zero-order chi connectivity index (χ0) is 16.8. The van der Waals surface area contributed by atoms with Gasteiger partial charge in [0.25, 0.3) is 0 Å². The molecule has 7 nitrogen and oxygen atoms in total. The number of benzene rings is 1. The molecule has 0 bridgehead atoms. The third-order valence-electron chi connectivity index (χ3n) is 2.91. The number of nitrogens with zero attached hydrogens (tertiary/aromatic N) is 2. The molecule has 2 N–H and O–H groups in total. The van der Waals surface area contributed by atoms with Crippen LogP contribution in [-0.4, -0.2) is 44.2 Å². The van der Waals surface area contributed by atoms with Crippen molar-refractivity contribution in [3.63, 3.8) is 0 Å². The minimum atomic E-state index is -0.387. The van der Waals surface area contributed by atoms with Gasteiger partial charge in [-0.25, -0.2) is 9.78 Å². The summed E-state index contributed by atoms with van der Waals surface area (Å²) in [6, 6.07) is 4.79. The van der Waals surface area contributed by atoms with Gasteiger partial charge in [0.15, 0.2) is 5.13 Å². The Morgan fingerprint density at radius 3 is 2.70 bits per heavy atom. The third-order valence-corrected chi connectivity index (χ3v) is 3.71. The Balaban J connectivity index is 2.03. The Morgan fingerprint density at radius 1 is 1.26 bits per heavy atom. The van der Waals surface area contributed by atoms with Gasteiger partial charge < -0.3 is 19.7 Å². The van der Waals surface area contributed by atoms with Gasteiger partial charge in [0, 0.05) is 18.0 Å². The van der Waals surface area contributed by atoms with Crippen molar-refractivity contribution in [1.82, 2.24) is 9.88 Å². The first-order chi connectivity index (χ1) is 11.0. The van der Waals surface area contributed by atoms with Crippen LogP contribution in [0.4, 0.5) is 15.6 Å². The molecule has 124 valence electrons. The Hall–Kier alpha value is -2.32. The van der Waals surface area contributed by atoms with Gasteiger partial charge in [0.2, 0.25) is 0 Å². The van der Waals surface area contributed by atoms with Gasteiger partial charge in [-0.15, -0.1) is 11.3 Å². The van der Waals surface area contributed by atoms with Gasteiger partial charge >= 0.3 is 6.03 Å². The molecule has 2 amide bonds. The first-order valence-electron chi connectivity index (χ1n) is 6.91. The number of methoxy groups -OCH3 is 2. The number of carbonyl (C=O) groups is 1. The minimum absolute atomic E-state index is 0.387. The number of hydrogen-bond acceptors (Lipinski definition) is 6. The van der Waals surface area contributed by atoms with Crippen LogP contribution in [0.2, 0.25) is 0 Å². The molecule has 1 heterocycles. The lowest BCUT2D eigenvalue weighted by Crippen LogP contribution is -2.20. The quantitative estimate of drug-likeness (QED) is 0.848. The molecule has 0 aliphatic rings. The lowest BCUT2D eigenvalue weighted by Gasteiger charge is -2.11. The highest BCUT2D eigenvalue weighted by Crippen LogP contribution is 2.29. The summed E-state index contributed by atoms with van der Waals surface area (Å²) >= 11 is 1.38. The van der Waals surface area contributed by atoms with E-state index < -0.39 is 0 Å². The van der Waals surface area contributed by atoms with Gasteiger partial charge in [0.1, 0.15) is 11.5 Å². The van der Waals surface area contributed by atoms with E-state index in [-0.39, 0.29) is 6.03 Å². The molecule has 0 aliphatic carbocycles. The van der Waals surface area contributed by atoms with Crippen molar-refractivity contribution in [2.75, 3.05) is 38.9 Å². The summed E-state index contributed by atoms with van der Waals surface area (Å²) in [5, 5.41) is 7.91. The molecule has 2 rings (SSSR count). The van der Waals surface area contributed by atoms with Crippen molar-refractivity contribution in [1.29, 1.82) is 0 Å². The summed E-state index contributed by atoms with van der Waals surface area (Å²) in [6.07, 6.45) is 0. The van der Waals surface area contributed by atoms with Crippen LogP contribution in [0.1, 0.15) is 5.69 Å². The molecule has 0 atom stereocenters. The average molecular weight is 336 g/mol. The Bertz CT molecular complexity index is 672. The minimum Gasteiger partial charge on any atom is -0.497 e. The number of amides is 2.